The number of thioether (sulfide) groups is 1. The normalized spacial score (nSPS) is 15.6. The zero-order valence-electron chi connectivity index (χ0n) is 15.1. The van der Waals surface area contributed by atoms with E-state index < -0.39 is 0 Å². The smallest absolute Gasteiger partial charge is 0.279 e. The van der Waals surface area contributed by atoms with Crippen molar-refractivity contribution in [2.75, 3.05) is 17.7 Å². The maximum absolute atomic E-state index is 12.7. The Kier molecular flexibility index (Phi) is 5.81. The standard InChI is InChI=1S/C20H21N3O3S/c1-4-10-26-14-8-6-13(7-9-14)15-12-16(24)21-18-17(15)19(25)22-20(23(18)3)27-11-5-2/h4-9,15H,1-2,10-12H2,3H3,(H,21,24)/t15-/m1/s1. The van der Waals surface area contributed by atoms with E-state index in [1.807, 2.05) is 24.3 Å². The number of ether oxygens (including phenoxy) is 1. The van der Waals surface area contributed by atoms with E-state index in [1.54, 1.807) is 23.8 Å². The molecule has 27 heavy (non-hydrogen) atoms. The molecule has 1 aromatic heterocycles. The monoisotopic (exact) mass is 383 g/mol. The van der Waals surface area contributed by atoms with Gasteiger partial charge in [0.25, 0.3) is 5.56 Å². The van der Waals surface area contributed by atoms with Crippen molar-refractivity contribution >= 4 is 23.5 Å². The summed E-state index contributed by atoms with van der Waals surface area (Å²) in [6.45, 7) is 7.73. The lowest BCUT2D eigenvalue weighted by Crippen LogP contribution is -2.33. The molecule has 0 bridgehead atoms. The summed E-state index contributed by atoms with van der Waals surface area (Å²) in [7, 11) is 1.80. The molecular weight excluding hydrogens is 362 g/mol. The Balaban J connectivity index is 2.01. The van der Waals surface area contributed by atoms with Crippen molar-refractivity contribution in [3.05, 3.63) is 71.1 Å². The third-order valence-electron chi connectivity index (χ3n) is 4.28. The van der Waals surface area contributed by atoms with Gasteiger partial charge in [-0.05, 0) is 17.7 Å². The largest absolute Gasteiger partial charge is 0.490 e. The molecule has 0 fully saturated rings. The summed E-state index contributed by atoms with van der Waals surface area (Å²) in [5.41, 5.74) is 1.08. The van der Waals surface area contributed by atoms with Gasteiger partial charge < -0.3 is 14.6 Å². The Labute approximate surface area is 162 Å². The molecule has 1 aromatic carbocycles. The van der Waals surface area contributed by atoms with E-state index in [4.69, 9.17) is 4.74 Å². The predicted octanol–water partition coefficient (Wildman–Crippen LogP) is 3.10. The number of fused-ring (bicyclic) bond motifs is 1. The van der Waals surface area contributed by atoms with Gasteiger partial charge in [0, 0.05) is 25.1 Å². The van der Waals surface area contributed by atoms with Gasteiger partial charge in [0.15, 0.2) is 5.16 Å². The first-order valence-corrected chi connectivity index (χ1v) is 9.51. The van der Waals surface area contributed by atoms with Crippen LogP contribution in [-0.4, -0.2) is 27.8 Å². The number of benzene rings is 1. The van der Waals surface area contributed by atoms with Crippen molar-refractivity contribution < 1.29 is 9.53 Å². The summed E-state index contributed by atoms with van der Waals surface area (Å²) in [5.74, 6) is 1.38. The number of anilines is 1. The highest BCUT2D eigenvalue weighted by molar-refractivity contribution is 7.99. The van der Waals surface area contributed by atoms with Crippen LogP contribution < -0.4 is 15.6 Å². The lowest BCUT2D eigenvalue weighted by Gasteiger charge is -2.27. The summed E-state index contributed by atoms with van der Waals surface area (Å²) in [6, 6.07) is 7.42. The predicted molar refractivity (Wildman–Crippen MR) is 108 cm³/mol. The Bertz CT molecular complexity index is 935. The van der Waals surface area contributed by atoms with Crippen molar-refractivity contribution in [2.45, 2.75) is 17.5 Å². The summed E-state index contributed by atoms with van der Waals surface area (Å²) in [6.07, 6.45) is 3.62. The van der Waals surface area contributed by atoms with E-state index in [1.165, 1.54) is 11.8 Å². The molecule has 0 saturated carbocycles. The van der Waals surface area contributed by atoms with Crippen LogP contribution in [0, 0.1) is 0 Å². The van der Waals surface area contributed by atoms with Gasteiger partial charge in [0.2, 0.25) is 5.91 Å². The summed E-state index contributed by atoms with van der Waals surface area (Å²) >= 11 is 1.40. The number of rotatable bonds is 7. The van der Waals surface area contributed by atoms with E-state index in [0.717, 1.165) is 5.56 Å². The molecule has 2 heterocycles. The minimum atomic E-state index is -0.341. The lowest BCUT2D eigenvalue weighted by molar-refractivity contribution is -0.116. The van der Waals surface area contributed by atoms with E-state index >= 15 is 0 Å². The van der Waals surface area contributed by atoms with Crippen molar-refractivity contribution in [3.63, 3.8) is 0 Å². The second-order valence-electron chi connectivity index (χ2n) is 6.09. The van der Waals surface area contributed by atoms with Crippen LogP contribution in [-0.2, 0) is 11.8 Å². The number of hydrogen-bond donors (Lipinski definition) is 1. The third kappa shape index (κ3) is 3.98. The van der Waals surface area contributed by atoms with Crippen LogP contribution in [0.3, 0.4) is 0 Å². The first kappa shape index (κ1) is 19.0. The highest BCUT2D eigenvalue weighted by Gasteiger charge is 2.32. The molecule has 1 aliphatic heterocycles. The first-order valence-electron chi connectivity index (χ1n) is 8.53. The van der Waals surface area contributed by atoms with Crippen molar-refractivity contribution in [3.8, 4) is 5.75 Å². The second kappa shape index (κ2) is 8.26. The fourth-order valence-corrected chi connectivity index (χ4v) is 3.73. The molecule has 3 rings (SSSR count). The van der Waals surface area contributed by atoms with Gasteiger partial charge in [0.1, 0.15) is 18.2 Å². The average Bonchev–Trinajstić information content (AvgIpc) is 2.67. The number of carbonyl (C=O) groups excluding carboxylic acids is 1. The first-order chi connectivity index (χ1) is 13.0. The van der Waals surface area contributed by atoms with Crippen molar-refractivity contribution in [2.24, 2.45) is 7.05 Å². The fraction of sp³-hybridized carbons (Fsp3) is 0.250. The van der Waals surface area contributed by atoms with Gasteiger partial charge >= 0.3 is 0 Å². The van der Waals surface area contributed by atoms with Crippen LogP contribution in [0.5, 0.6) is 5.75 Å². The number of hydrogen-bond acceptors (Lipinski definition) is 5. The molecule has 1 atom stereocenters. The third-order valence-corrected chi connectivity index (χ3v) is 5.31. The Morgan fingerprint density at radius 3 is 2.70 bits per heavy atom. The number of nitrogens with one attached hydrogen (secondary N) is 1. The van der Waals surface area contributed by atoms with Gasteiger partial charge in [-0.3, -0.25) is 9.59 Å². The van der Waals surface area contributed by atoms with Crippen molar-refractivity contribution in [1.82, 2.24) is 9.55 Å². The maximum atomic E-state index is 12.7. The SMILES string of the molecule is C=CCOc1ccc([C@H]2CC(=O)Nc3c2c(=O)nc(SCC=C)n3C)cc1. The van der Waals surface area contributed by atoms with Gasteiger partial charge in [-0.2, -0.15) is 4.98 Å². The van der Waals surface area contributed by atoms with Gasteiger partial charge in [-0.1, -0.05) is 42.6 Å². The van der Waals surface area contributed by atoms with Crippen LogP contribution in [0.1, 0.15) is 23.5 Å². The van der Waals surface area contributed by atoms with Crippen LogP contribution in [0.15, 0.2) is 59.5 Å². The van der Waals surface area contributed by atoms with E-state index in [0.29, 0.717) is 34.6 Å². The van der Waals surface area contributed by atoms with E-state index in [-0.39, 0.29) is 23.8 Å². The van der Waals surface area contributed by atoms with Gasteiger partial charge in [-0.15, -0.1) is 6.58 Å². The van der Waals surface area contributed by atoms with Crippen LogP contribution in [0.2, 0.25) is 0 Å². The number of aromatic nitrogens is 2. The van der Waals surface area contributed by atoms with Crippen molar-refractivity contribution in [1.29, 1.82) is 0 Å². The molecule has 1 amide bonds. The molecule has 0 radical (unpaired) electrons. The number of amides is 1. The van der Waals surface area contributed by atoms with Crippen LogP contribution in [0.4, 0.5) is 5.82 Å². The Hall–Kier alpha value is -2.80. The molecule has 7 heteroatoms. The molecule has 0 saturated heterocycles. The van der Waals surface area contributed by atoms with Gasteiger partial charge in [0.05, 0.1) is 5.56 Å². The highest BCUT2D eigenvalue weighted by atomic mass is 32.2. The molecule has 0 aliphatic carbocycles. The maximum Gasteiger partial charge on any atom is 0.279 e. The van der Waals surface area contributed by atoms with E-state index in [2.05, 4.69) is 23.5 Å². The molecule has 6 nitrogen and oxygen atoms in total. The topological polar surface area (TPSA) is 73.2 Å². The van der Waals surface area contributed by atoms with E-state index in [9.17, 15) is 9.59 Å². The quantitative estimate of drug-likeness (QED) is 0.452. The highest BCUT2D eigenvalue weighted by Crippen LogP contribution is 2.36. The average molecular weight is 383 g/mol. The zero-order valence-corrected chi connectivity index (χ0v) is 15.9. The molecular formula is C20H21N3O3S. The molecule has 0 spiro atoms. The second-order valence-corrected chi connectivity index (χ2v) is 7.08. The molecule has 1 N–H and O–H groups in total. The number of carbonyl (C=O) groups is 1. The van der Waals surface area contributed by atoms with Crippen LogP contribution >= 0.6 is 11.8 Å². The molecule has 0 unspecified atom stereocenters. The van der Waals surface area contributed by atoms with Gasteiger partial charge in [-0.25, -0.2) is 0 Å². The number of nitrogens with zero attached hydrogens (tertiary/aromatic N) is 2. The molecule has 2 aromatic rings. The zero-order chi connectivity index (χ0) is 19.4. The minimum Gasteiger partial charge on any atom is -0.490 e. The molecule has 140 valence electrons. The Morgan fingerprint density at radius 1 is 1.30 bits per heavy atom. The molecule has 1 aliphatic rings. The minimum absolute atomic E-state index is 0.125. The summed E-state index contributed by atoms with van der Waals surface area (Å²) in [5, 5.41) is 3.38. The summed E-state index contributed by atoms with van der Waals surface area (Å²) in [4.78, 5) is 29.3. The summed E-state index contributed by atoms with van der Waals surface area (Å²) < 4.78 is 7.26. The van der Waals surface area contributed by atoms with Crippen LogP contribution in [0.25, 0.3) is 0 Å². The fourth-order valence-electron chi connectivity index (χ4n) is 3.03. The Morgan fingerprint density at radius 2 is 2.04 bits per heavy atom. The lowest BCUT2D eigenvalue weighted by atomic mass is 9.87.